The largest absolute Gasteiger partial charge is 0.368 e. The molecule has 1 atom stereocenters. The third-order valence-corrected chi connectivity index (χ3v) is 4.97. The van der Waals surface area contributed by atoms with Gasteiger partial charge in [0.2, 0.25) is 5.91 Å². The molecule has 2 aromatic carbocycles. The molecular formula is C18H18N2O2S. The second kappa shape index (κ2) is 6.46. The van der Waals surface area contributed by atoms with Gasteiger partial charge in [-0.25, -0.2) is 0 Å². The summed E-state index contributed by atoms with van der Waals surface area (Å²) in [7, 11) is 0. The summed E-state index contributed by atoms with van der Waals surface area (Å²) in [5, 5.41) is 0. The van der Waals surface area contributed by atoms with Crippen LogP contribution in [0.4, 0.5) is 0 Å². The van der Waals surface area contributed by atoms with Crippen LogP contribution in [0.15, 0.2) is 48.5 Å². The maximum Gasteiger partial charge on any atom is 0.255 e. The Morgan fingerprint density at radius 2 is 1.96 bits per heavy atom. The smallest absolute Gasteiger partial charge is 0.255 e. The molecule has 0 aliphatic carbocycles. The van der Waals surface area contributed by atoms with Crippen molar-refractivity contribution in [2.24, 2.45) is 5.73 Å². The van der Waals surface area contributed by atoms with Crippen LogP contribution in [0.2, 0.25) is 0 Å². The van der Waals surface area contributed by atoms with E-state index in [9.17, 15) is 9.59 Å². The number of primary amides is 1. The number of hydrogen-bond acceptors (Lipinski definition) is 3. The van der Waals surface area contributed by atoms with E-state index in [2.05, 4.69) is 6.07 Å². The van der Waals surface area contributed by atoms with Crippen molar-refractivity contribution < 1.29 is 9.59 Å². The van der Waals surface area contributed by atoms with Crippen molar-refractivity contribution in [3.8, 4) is 11.1 Å². The van der Waals surface area contributed by atoms with Gasteiger partial charge in [-0.1, -0.05) is 48.0 Å². The maximum absolute atomic E-state index is 12.9. The molecule has 0 radical (unpaired) electrons. The van der Waals surface area contributed by atoms with E-state index in [1.165, 1.54) is 0 Å². The van der Waals surface area contributed by atoms with Gasteiger partial charge >= 0.3 is 0 Å². The number of benzene rings is 2. The zero-order valence-electron chi connectivity index (χ0n) is 12.9. The molecule has 4 nitrogen and oxygen atoms in total. The Morgan fingerprint density at radius 3 is 2.70 bits per heavy atom. The van der Waals surface area contributed by atoms with E-state index in [4.69, 9.17) is 5.73 Å². The molecule has 0 saturated carbocycles. The highest BCUT2D eigenvalue weighted by Gasteiger charge is 2.34. The fourth-order valence-corrected chi connectivity index (χ4v) is 3.93. The Morgan fingerprint density at radius 1 is 1.17 bits per heavy atom. The number of hydrogen-bond donors (Lipinski definition) is 1. The third-order valence-electron chi connectivity index (χ3n) is 3.96. The summed E-state index contributed by atoms with van der Waals surface area (Å²) in [4.78, 5) is 26.1. The molecule has 5 heteroatoms. The SMILES string of the molecule is Cc1cccc(-c2ccccc2C(=O)N2CSC[C@H]2C(N)=O)c1. The molecule has 1 aliphatic rings. The molecule has 1 aliphatic heterocycles. The molecule has 1 heterocycles. The Kier molecular flexibility index (Phi) is 4.39. The first-order valence-electron chi connectivity index (χ1n) is 7.42. The van der Waals surface area contributed by atoms with E-state index in [-0.39, 0.29) is 5.91 Å². The van der Waals surface area contributed by atoms with Gasteiger partial charge in [-0.2, -0.15) is 0 Å². The zero-order chi connectivity index (χ0) is 16.4. The highest BCUT2D eigenvalue weighted by Crippen LogP contribution is 2.29. The highest BCUT2D eigenvalue weighted by molar-refractivity contribution is 7.99. The van der Waals surface area contributed by atoms with Crippen molar-refractivity contribution in [3.05, 3.63) is 59.7 Å². The van der Waals surface area contributed by atoms with E-state index in [0.29, 0.717) is 17.2 Å². The van der Waals surface area contributed by atoms with Crippen molar-refractivity contribution in [2.45, 2.75) is 13.0 Å². The molecule has 0 spiro atoms. The minimum absolute atomic E-state index is 0.143. The van der Waals surface area contributed by atoms with Crippen LogP contribution in [0.5, 0.6) is 0 Å². The molecule has 0 bridgehead atoms. The molecule has 2 N–H and O–H groups in total. The van der Waals surface area contributed by atoms with E-state index in [1.54, 1.807) is 22.7 Å². The lowest BCUT2D eigenvalue weighted by Crippen LogP contribution is -2.45. The van der Waals surface area contributed by atoms with E-state index in [0.717, 1.165) is 16.7 Å². The lowest BCUT2D eigenvalue weighted by molar-refractivity contribution is -0.121. The maximum atomic E-state index is 12.9. The molecule has 0 aromatic heterocycles. The number of thioether (sulfide) groups is 1. The number of rotatable bonds is 3. The second-order valence-corrected chi connectivity index (χ2v) is 6.61. The number of amides is 2. The molecule has 23 heavy (non-hydrogen) atoms. The minimum atomic E-state index is -0.530. The summed E-state index contributed by atoms with van der Waals surface area (Å²) in [6.07, 6.45) is 0. The van der Waals surface area contributed by atoms with Gasteiger partial charge in [0.05, 0.1) is 5.88 Å². The summed E-state index contributed by atoms with van der Waals surface area (Å²) in [5.41, 5.74) is 9.04. The van der Waals surface area contributed by atoms with Crippen LogP contribution in [0.1, 0.15) is 15.9 Å². The first-order chi connectivity index (χ1) is 11.1. The fourth-order valence-electron chi connectivity index (χ4n) is 2.77. The summed E-state index contributed by atoms with van der Waals surface area (Å²) < 4.78 is 0. The lowest BCUT2D eigenvalue weighted by atomic mass is 9.97. The first-order valence-corrected chi connectivity index (χ1v) is 8.57. The van der Waals surface area contributed by atoms with Gasteiger partial charge < -0.3 is 10.6 Å². The Balaban J connectivity index is 2.00. The van der Waals surface area contributed by atoms with Crippen LogP contribution >= 0.6 is 11.8 Å². The fraction of sp³-hybridized carbons (Fsp3) is 0.222. The van der Waals surface area contributed by atoms with Crippen LogP contribution < -0.4 is 5.73 Å². The summed E-state index contributed by atoms with van der Waals surface area (Å²) in [5.74, 6) is 0.467. The topological polar surface area (TPSA) is 63.4 Å². The van der Waals surface area contributed by atoms with Crippen molar-refractivity contribution in [2.75, 3.05) is 11.6 Å². The van der Waals surface area contributed by atoms with Crippen LogP contribution in [0.3, 0.4) is 0 Å². The third kappa shape index (κ3) is 3.10. The molecule has 1 fully saturated rings. The molecule has 3 rings (SSSR count). The number of nitrogens with two attached hydrogens (primary N) is 1. The zero-order valence-corrected chi connectivity index (χ0v) is 13.7. The standard InChI is InChI=1S/C18H18N2O2S/c1-12-5-4-6-13(9-12)14-7-2-3-8-15(14)18(22)20-11-23-10-16(20)17(19)21/h2-9,16H,10-11H2,1H3,(H2,19,21)/t16-/m0/s1. The Labute approximate surface area is 139 Å². The number of carbonyl (C=O) groups excluding carboxylic acids is 2. The van der Waals surface area contributed by atoms with Crippen LogP contribution in [-0.2, 0) is 4.79 Å². The molecule has 1 saturated heterocycles. The van der Waals surface area contributed by atoms with Crippen molar-refractivity contribution in [3.63, 3.8) is 0 Å². The first kappa shape index (κ1) is 15.6. The van der Waals surface area contributed by atoms with Crippen LogP contribution in [0.25, 0.3) is 11.1 Å². The van der Waals surface area contributed by atoms with E-state index < -0.39 is 11.9 Å². The quantitative estimate of drug-likeness (QED) is 0.943. The van der Waals surface area contributed by atoms with Gasteiger partial charge in [0.25, 0.3) is 5.91 Å². The summed E-state index contributed by atoms with van der Waals surface area (Å²) in [6, 6.07) is 15.0. The average Bonchev–Trinajstić information content (AvgIpc) is 3.04. The minimum Gasteiger partial charge on any atom is -0.368 e. The average molecular weight is 326 g/mol. The van der Waals surface area contributed by atoms with Gasteiger partial charge in [-0.05, 0) is 24.1 Å². The summed E-state index contributed by atoms with van der Waals surface area (Å²) >= 11 is 1.55. The number of carbonyl (C=O) groups is 2. The number of aryl methyl sites for hydroxylation is 1. The lowest BCUT2D eigenvalue weighted by Gasteiger charge is -2.22. The van der Waals surface area contributed by atoms with Crippen LogP contribution in [0, 0.1) is 6.92 Å². The van der Waals surface area contributed by atoms with E-state index in [1.807, 2.05) is 43.3 Å². The number of nitrogens with zero attached hydrogens (tertiary/aromatic N) is 1. The van der Waals surface area contributed by atoms with Crippen molar-refractivity contribution in [1.29, 1.82) is 0 Å². The Bertz CT molecular complexity index is 760. The predicted octanol–water partition coefficient (Wildman–Crippen LogP) is 2.66. The Hall–Kier alpha value is -2.27. The van der Waals surface area contributed by atoms with Crippen LogP contribution in [-0.4, -0.2) is 34.4 Å². The van der Waals surface area contributed by atoms with Crippen molar-refractivity contribution in [1.82, 2.24) is 4.90 Å². The highest BCUT2D eigenvalue weighted by atomic mass is 32.2. The van der Waals surface area contributed by atoms with Gasteiger partial charge in [-0.3, -0.25) is 9.59 Å². The molecular weight excluding hydrogens is 308 g/mol. The predicted molar refractivity (Wildman–Crippen MR) is 93.1 cm³/mol. The molecule has 0 unspecified atom stereocenters. The second-order valence-electron chi connectivity index (χ2n) is 5.61. The van der Waals surface area contributed by atoms with Gasteiger partial charge in [0.1, 0.15) is 6.04 Å². The van der Waals surface area contributed by atoms with Gasteiger partial charge in [0, 0.05) is 11.3 Å². The van der Waals surface area contributed by atoms with Gasteiger partial charge in [-0.15, -0.1) is 11.8 Å². The van der Waals surface area contributed by atoms with E-state index >= 15 is 0 Å². The van der Waals surface area contributed by atoms with Crippen molar-refractivity contribution >= 4 is 23.6 Å². The molecule has 2 aromatic rings. The van der Waals surface area contributed by atoms with Gasteiger partial charge in [0.15, 0.2) is 0 Å². The molecule has 2 amide bonds. The monoisotopic (exact) mass is 326 g/mol. The summed E-state index contributed by atoms with van der Waals surface area (Å²) in [6.45, 7) is 2.02. The normalized spacial score (nSPS) is 17.3. The molecule has 118 valence electrons.